The Bertz CT molecular complexity index is 853. The zero-order valence-corrected chi connectivity index (χ0v) is 17.7. The molecule has 1 unspecified atom stereocenters. The number of para-hydroxylation sites is 1. The lowest BCUT2D eigenvalue weighted by Crippen LogP contribution is -2.52. The van der Waals surface area contributed by atoms with E-state index in [9.17, 15) is 9.59 Å². The van der Waals surface area contributed by atoms with E-state index in [1.54, 1.807) is 18.3 Å². The predicted molar refractivity (Wildman–Crippen MR) is 112 cm³/mol. The highest BCUT2D eigenvalue weighted by atomic mass is 32.2. The highest BCUT2D eigenvalue weighted by Gasteiger charge is 2.55. The van der Waals surface area contributed by atoms with E-state index in [-0.39, 0.29) is 22.9 Å². The van der Waals surface area contributed by atoms with Gasteiger partial charge >= 0.3 is 5.97 Å². The molecule has 4 aliphatic carbocycles. The fourth-order valence-electron chi connectivity index (χ4n) is 6.16. The van der Waals surface area contributed by atoms with E-state index in [4.69, 9.17) is 4.74 Å². The molecule has 0 aliphatic heterocycles. The number of benzene rings is 1. The number of ether oxygens (including phenoxy) is 1. The van der Waals surface area contributed by atoms with Crippen LogP contribution >= 0.6 is 23.1 Å². The number of carbonyl (C=O) groups excluding carboxylic acids is 2. The molecule has 4 bridgehead atoms. The molecule has 1 aromatic heterocycles. The number of carbonyl (C=O) groups is 2. The van der Waals surface area contributed by atoms with Crippen molar-refractivity contribution in [1.82, 2.24) is 4.98 Å². The number of ketones is 1. The van der Waals surface area contributed by atoms with Gasteiger partial charge in [0.15, 0.2) is 16.2 Å². The van der Waals surface area contributed by atoms with Crippen molar-refractivity contribution in [3.05, 3.63) is 24.3 Å². The smallest absolute Gasteiger partial charge is 0.317 e. The number of thioether (sulfide) groups is 1. The molecule has 4 nitrogen and oxygen atoms in total. The Balaban J connectivity index is 1.18. The van der Waals surface area contributed by atoms with E-state index in [0.29, 0.717) is 17.8 Å². The summed E-state index contributed by atoms with van der Waals surface area (Å²) in [6.07, 6.45) is 6.32. The number of Topliss-reactive ketones (excluding diaryl/α,β-unsaturated/α-hetero) is 1. The third kappa shape index (κ3) is 3.39. The molecule has 148 valence electrons. The van der Waals surface area contributed by atoms with Crippen LogP contribution in [0.3, 0.4) is 0 Å². The quantitative estimate of drug-likeness (QED) is 0.485. The molecule has 4 fully saturated rings. The van der Waals surface area contributed by atoms with Gasteiger partial charge in [-0.25, -0.2) is 4.98 Å². The molecule has 4 aliphatic rings. The first kappa shape index (κ1) is 18.6. The fraction of sp³-hybridized carbons (Fsp3) is 0.591. The van der Waals surface area contributed by atoms with Crippen molar-refractivity contribution < 1.29 is 14.3 Å². The van der Waals surface area contributed by atoms with Crippen LogP contribution in [0.2, 0.25) is 0 Å². The monoisotopic (exact) mass is 415 g/mol. The highest BCUT2D eigenvalue weighted by molar-refractivity contribution is 8.01. The molecule has 0 amide bonds. The first-order chi connectivity index (χ1) is 13.5. The van der Waals surface area contributed by atoms with E-state index >= 15 is 0 Å². The maximum Gasteiger partial charge on any atom is 0.317 e. The van der Waals surface area contributed by atoms with E-state index in [1.807, 2.05) is 24.3 Å². The van der Waals surface area contributed by atoms with Crippen LogP contribution in [0.5, 0.6) is 0 Å². The Morgan fingerprint density at radius 3 is 2.46 bits per heavy atom. The first-order valence-corrected chi connectivity index (χ1v) is 12.0. The molecule has 6 heteroatoms. The first-order valence-electron chi connectivity index (χ1n) is 10.2. The molecule has 0 radical (unpaired) electrons. The maximum atomic E-state index is 13.2. The summed E-state index contributed by atoms with van der Waals surface area (Å²) in [5.41, 5.74) is 0.739. The summed E-state index contributed by atoms with van der Waals surface area (Å²) in [5, 5.41) is 0. The molecule has 0 saturated heterocycles. The Morgan fingerprint density at radius 1 is 1.18 bits per heavy atom. The summed E-state index contributed by atoms with van der Waals surface area (Å²) in [6, 6.07) is 7.95. The predicted octanol–water partition coefficient (Wildman–Crippen LogP) is 5.11. The van der Waals surface area contributed by atoms with E-state index in [0.717, 1.165) is 33.8 Å². The Labute approximate surface area is 173 Å². The van der Waals surface area contributed by atoms with Crippen molar-refractivity contribution in [2.75, 3.05) is 5.75 Å². The van der Waals surface area contributed by atoms with Gasteiger partial charge in [0.1, 0.15) is 0 Å². The van der Waals surface area contributed by atoms with Gasteiger partial charge in [-0.05, 0) is 75.3 Å². The van der Waals surface area contributed by atoms with Crippen molar-refractivity contribution in [2.45, 2.75) is 55.9 Å². The van der Waals surface area contributed by atoms with Crippen molar-refractivity contribution in [2.24, 2.45) is 23.2 Å². The summed E-state index contributed by atoms with van der Waals surface area (Å²) in [5.74, 6) is 2.19. The number of thiazole rings is 1. The van der Waals surface area contributed by atoms with Crippen LogP contribution in [0.1, 0.15) is 45.4 Å². The average molecular weight is 416 g/mol. The zero-order valence-electron chi connectivity index (χ0n) is 16.1. The molecule has 28 heavy (non-hydrogen) atoms. The van der Waals surface area contributed by atoms with Gasteiger partial charge in [0.05, 0.1) is 16.0 Å². The number of rotatable bonds is 6. The molecule has 1 heterocycles. The Kier molecular flexibility index (Phi) is 4.74. The SMILES string of the molecule is CC(OC(=O)CSc1nc2ccccc2s1)C(=O)C12CC3CC(CC(C3)C1)C2. The molecular formula is C22H25NO3S2. The van der Waals surface area contributed by atoms with Crippen molar-refractivity contribution >= 4 is 45.1 Å². The summed E-state index contributed by atoms with van der Waals surface area (Å²) in [4.78, 5) is 30.1. The number of esters is 1. The Hall–Kier alpha value is -1.40. The minimum absolute atomic E-state index is 0.171. The second-order valence-electron chi connectivity index (χ2n) is 8.93. The summed E-state index contributed by atoms with van der Waals surface area (Å²) < 4.78 is 7.54. The van der Waals surface area contributed by atoms with Crippen LogP contribution in [0.15, 0.2) is 28.6 Å². The van der Waals surface area contributed by atoms with Gasteiger partial charge in [-0.15, -0.1) is 11.3 Å². The van der Waals surface area contributed by atoms with Crippen molar-refractivity contribution in [1.29, 1.82) is 0 Å². The topological polar surface area (TPSA) is 56.3 Å². The standard InChI is InChI=1S/C22H25NO3S2/c1-13(20(25)22-9-14-6-15(10-22)8-16(7-14)11-22)26-19(24)12-27-21-23-17-4-2-3-5-18(17)28-21/h2-5,13-16H,6-12H2,1H3. The number of fused-ring (bicyclic) bond motifs is 1. The van der Waals surface area contributed by atoms with Crippen molar-refractivity contribution in [3.8, 4) is 0 Å². The number of hydrogen-bond donors (Lipinski definition) is 0. The normalized spacial score (nSPS) is 31.8. The molecule has 4 saturated carbocycles. The zero-order chi connectivity index (χ0) is 19.3. The van der Waals surface area contributed by atoms with Crippen LogP contribution in [0.25, 0.3) is 10.2 Å². The van der Waals surface area contributed by atoms with E-state index in [2.05, 4.69) is 4.98 Å². The fourth-order valence-corrected chi connectivity index (χ4v) is 8.01. The summed E-state index contributed by atoms with van der Waals surface area (Å²) >= 11 is 2.97. The van der Waals surface area contributed by atoms with Gasteiger partial charge in [0.2, 0.25) is 0 Å². The molecule has 1 atom stereocenters. The lowest BCUT2D eigenvalue weighted by molar-refractivity contribution is -0.163. The lowest BCUT2D eigenvalue weighted by atomic mass is 9.48. The second-order valence-corrected chi connectivity index (χ2v) is 11.2. The van der Waals surface area contributed by atoms with Gasteiger partial charge in [0.25, 0.3) is 0 Å². The summed E-state index contributed by atoms with van der Waals surface area (Å²) in [7, 11) is 0. The third-order valence-corrected chi connectivity index (χ3v) is 8.98. The Morgan fingerprint density at radius 2 is 1.82 bits per heavy atom. The van der Waals surface area contributed by atoms with Gasteiger partial charge in [-0.2, -0.15) is 0 Å². The second kappa shape index (κ2) is 7.13. The van der Waals surface area contributed by atoms with Crippen LogP contribution in [-0.4, -0.2) is 28.6 Å². The average Bonchev–Trinajstić information content (AvgIpc) is 3.07. The van der Waals surface area contributed by atoms with Gasteiger partial charge in [-0.3, -0.25) is 9.59 Å². The molecule has 0 N–H and O–H groups in total. The highest BCUT2D eigenvalue weighted by Crippen LogP contribution is 2.60. The maximum absolute atomic E-state index is 13.2. The van der Waals surface area contributed by atoms with Crippen LogP contribution < -0.4 is 0 Å². The van der Waals surface area contributed by atoms with Crippen molar-refractivity contribution in [3.63, 3.8) is 0 Å². The van der Waals surface area contributed by atoms with E-state index < -0.39 is 6.10 Å². The third-order valence-electron chi connectivity index (χ3n) is 6.83. The molecule has 6 rings (SSSR count). The van der Waals surface area contributed by atoms with E-state index in [1.165, 1.54) is 31.0 Å². The summed E-state index contributed by atoms with van der Waals surface area (Å²) in [6.45, 7) is 1.77. The van der Waals surface area contributed by atoms with Gasteiger partial charge in [-0.1, -0.05) is 23.9 Å². The van der Waals surface area contributed by atoms with Gasteiger partial charge in [0, 0.05) is 5.41 Å². The molecule has 2 aromatic rings. The number of nitrogens with zero attached hydrogens (tertiary/aromatic N) is 1. The van der Waals surface area contributed by atoms with Crippen LogP contribution in [0.4, 0.5) is 0 Å². The minimum atomic E-state index is -0.639. The number of hydrogen-bond acceptors (Lipinski definition) is 6. The molecule has 1 aromatic carbocycles. The lowest BCUT2D eigenvalue weighted by Gasteiger charge is -2.56. The molecular weight excluding hydrogens is 390 g/mol. The molecule has 0 spiro atoms. The van der Waals surface area contributed by atoms with Gasteiger partial charge < -0.3 is 4.74 Å². The van der Waals surface area contributed by atoms with Crippen LogP contribution in [0, 0.1) is 23.2 Å². The largest absolute Gasteiger partial charge is 0.454 e. The van der Waals surface area contributed by atoms with Crippen LogP contribution in [-0.2, 0) is 14.3 Å². The minimum Gasteiger partial charge on any atom is -0.454 e. The number of aromatic nitrogens is 1.